The maximum atomic E-state index is 13.5. The highest BCUT2D eigenvalue weighted by Crippen LogP contribution is 2.34. The predicted molar refractivity (Wildman–Crippen MR) is 135 cm³/mol. The summed E-state index contributed by atoms with van der Waals surface area (Å²) < 4.78 is 24.3. The highest BCUT2D eigenvalue weighted by molar-refractivity contribution is 6.31. The van der Waals surface area contributed by atoms with Crippen LogP contribution in [0.2, 0.25) is 5.02 Å². The molecular weight excluding hydrogens is 489 g/mol. The summed E-state index contributed by atoms with van der Waals surface area (Å²) in [5, 5.41) is 6.54. The van der Waals surface area contributed by atoms with E-state index in [9.17, 15) is 14.0 Å². The molecule has 9 nitrogen and oxygen atoms in total. The van der Waals surface area contributed by atoms with E-state index >= 15 is 0 Å². The van der Waals surface area contributed by atoms with E-state index in [-0.39, 0.29) is 22.9 Å². The molecule has 36 heavy (non-hydrogen) atoms. The maximum Gasteiger partial charge on any atom is 0.323 e. The molecule has 0 unspecified atom stereocenters. The van der Waals surface area contributed by atoms with Crippen LogP contribution in [-0.2, 0) is 14.3 Å². The second-order valence-corrected chi connectivity index (χ2v) is 8.41. The van der Waals surface area contributed by atoms with Gasteiger partial charge in [-0.25, -0.2) is 14.4 Å². The van der Waals surface area contributed by atoms with Crippen molar-refractivity contribution in [3.8, 4) is 5.75 Å². The number of amides is 1. The molecule has 0 radical (unpaired) electrons. The minimum absolute atomic E-state index is 0.0208. The third kappa shape index (κ3) is 5.89. The summed E-state index contributed by atoms with van der Waals surface area (Å²) in [5.41, 5.74) is 1.56. The van der Waals surface area contributed by atoms with E-state index in [2.05, 4.69) is 20.6 Å². The molecule has 2 aromatic carbocycles. The van der Waals surface area contributed by atoms with E-state index in [1.807, 2.05) is 11.8 Å². The van der Waals surface area contributed by atoms with Crippen molar-refractivity contribution in [2.75, 3.05) is 36.9 Å². The molecule has 1 saturated heterocycles. The molecule has 0 saturated carbocycles. The lowest BCUT2D eigenvalue weighted by molar-refractivity contribution is -0.155. The second-order valence-electron chi connectivity index (χ2n) is 8.00. The van der Waals surface area contributed by atoms with Crippen molar-refractivity contribution in [1.29, 1.82) is 0 Å². The molecule has 1 amide bonds. The third-order valence-electron chi connectivity index (χ3n) is 5.60. The van der Waals surface area contributed by atoms with Crippen LogP contribution < -0.4 is 15.4 Å². The van der Waals surface area contributed by atoms with Gasteiger partial charge in [-0.2, -0.15) is 0 Å². The zero-order chi connectivity index (χ0) is 25.7. The molecule has 0 spiro atoms. The van der Waals surface area contributed by atoms with Crippen LogP contribution in [0.25, 0.3) is 10.9 Å². The summed E-state index contributed by atoms with van der Waals surface area (Å²) in [6.45, 7) is 5.37. The Morgan fingerprint density at radius 3 is 2.94 bits per heavy atom. The summed E-state index contributed by atoms with van der Waals surface area (Å²) in [6, 6.07) is 7.31. The van der Waals surface area contributed by atoms with Gasteiger partial charge in [-0.05, 0) is 38.1 Å². The van der Waals surface area contributed by atoms with Crippen LogP contribution in [-0.4, -0.2) is 59.1 Å². The Morgan fingerprint density at radius 1 is 1.33 bits per heavy atom. The van der Waals surface area contributed by atoms with Crippen LogP contribution in [0, 0.1) is 5.82 Å². The Morgan fingerprint density at radius 2 is 2.17 bits per heavy atom. The van der Waals surface area contributed by atoms with Crippen molar-refractivity contribution in [3.05, 3.63) is 59.7 Å². The fourth-order valence-corrected chi connectivity index (χ4v) is 3.89. The normalized spacial score (nSPS) is 16.2. The molecule has 3 aromatic rings. The van der Waals surface area contributed by atoms with Gasteiger partial charge < -0.3 is 20.1 Å². The summed E-state index contributed by atoms with van der Waals surface area (Å²) in [6.07, 6.45) is 4.50. The third-order valence-corrected chi connectivity index (χ3v) is 5.89. The average Bonchev–Trinajstić information content (AvgIpc) is 2.85. The number of ether oxygens (including phenoxy) is 2. The van der Waals surface area contributed by atoms with Gasteiger partial charge in [0.25, 0.3) is 0 Å². The number of rotatable bonds is 8. The molecule has 0 aliphatic carbocycles. The van der Waals surface area contributed by atoms with Crippen LogP contribution in [0.3, 0.4) is 0 Å². The van der Waals surface area contributed by atoms with Crippen LogP contribution >= 0.6 is 11.6 Å². The number of aromatic nitrogens is 2. The number of hydrogen-bond donors (Lipinski definition) is 2. The van der Waals surface area contributed by atoms with Gasteiger partial charge >= 0.3 is 5.97 Å². The summed E-state index contributed by atoms with van der Waals surface area (Å²) in [5.74, 6) is -0.259. The zero-order valence-corrected chi connectivity index (χ0v) is 20.5. The lowest BCUT2D eigenvalue weighted by Gasteiger charge is -2.30. The Hall–Kier alpha value is -3.76. The van der Waals surface area contributed by atoms with Gasteiger partial charge in [0.05, 0.1) is 22.8 Å². The molecule has 1 aliphatic rings. The second kappa shape index (κ2) is 11.3. The molecule has 2 N–H and O–H groups in total. The fraction of sp³-hybridized carbons (Fsp3) is 0.280. The molecule has 1 atom stereocenters. The van der Waals surface area contributed by atoms with E-state index < -0.39 is 5.82 Å². The molecule has 1 fully saturated rings. The largest absolute Gasteiger partial charge is 0.492 e. The molecule has 4 rings (SSSR count). The van der Waals surface area contributed by atoms with Crippen LogP contribution in [0.5, 0.6) is 5.75 Å². The van der Waals surface area contributed by atoms with Gasteiger partial charge in [-0.1, -0.05) is 17.7 Å². The summed E-state index contributed by atoms with van der Waals surface area (Å²) in [7, 11) is 0. The van der Waals surface area contributed by atoms with Gasteiger partial charge in [0.15, 0.2) is 0 Å². The van der Waals surface area contributed by atoms with Crippen molar-refractivity contribution < 1.29 is 23.5 Å². The molecule has 1 aliphatic heterocycles. The van der Waals surface area contributed by atoms with E-state index in [4.69, 9.17) is 21.1 Å². The van der Waals surface area contributed by atoms with Gasteiger partial charge in [0.1, 0.15) is 36.4 Å². The minimum atomic E-state index is -0.524. The number of anilines is 3. The Labute approximate surface area is 212 Å². The molecular formula is C25H25ClFN5O4. The average molecular weight is 514 g/mol. The quantitative estimate of drug-likeness (QED) is 0.339. The van der Waals surface area contributed by atoms with E-state index in [1.165, 1.54) is 24.5 Å². The molecule has 11 heteroatoms. The van der Waals surface area contributed by atoms with Crippen molar-refractivity contribution >= 4 is 51.6 Å². The van der Waals surface area contributed by atoms with Crippen molar-refractivity contribution in [1.82, 2.24) is 14.9 Å². The first-order valence-corrected chi connectivity index (χ1v) is 11.8. The van der Waals surface area contributed by atoms with Crippen molar-refractivity contribution in [3.63, 3.8) is 0 Å². The summed E-state index contributed by atoms with van der Waals surface area (Å²) >= 11 is 5.90. The number of fused-ring (bicyclic) bond motifs is 1. The van der Waals surface area contributed by atoms with E-state index in [0.29, 0.717) is 60.1 Å². The molecule has 1 aromatic heterocycles. The number of cyclic esters (lactones) is 1. The predicted octanol–water partition coefficient (Wildman–Crippen LogP) is 4.31. The van der Waals surface area contributed by atoms with Crippen molar-refractivity contribution in [2.24, 2.45) is 0 Å². The first kappa shape index (κ1) is 25.3. The number of benzene rings is 2. The smallest absolute Gasteiger partial charge is 0.323 e. The first-order chi connectivity index (χ1) is 17.4. The van der Waals surface area contributed by atoms with Gasteiger partial charge in [0.2, 0.25) is 5.91 Å². The minimum Gasteiger partial charge on any atom is -0.492 e. The number of carbonyl (C=O) groups excluding carboxylic acids is 2. The first-order valence-electron chi connectivity index (χ1n) is 11.4. The Kier molecular flexibility index (Phi) is 7.97. The number of hydrogen-bond acceptors (Lipinski definition) is 8. The number of esters is 1. The van der Waals surface area contributed by atoms with Crippen LogP contribution in [0.4, 0.5) is 21.6 Å². The zero-order valence-electron chi connectivity index (χ0n) is 19.8. The number of nitrogens with zero attached hydrogens (tertiary/aromatic N) is 3. The van der Waals surface area contributed by atoms with Gasteiger partial charge in [0, 0.05) is 36.3 Å². The molecule has 0 bridgehead atoms. The van der Waals surface area contributed by atoms with E-state index in [0.717, 1.165) is 0 Å². The number of morpholine rings is 1. The van der Waals surface area contributed by atoms with E-state index in [1.54, 1.807) is 31.2 Å². The topological polar surface area (TPSA) is 106 Å². The monoisotopic (exact) mass is 513 g/mol. The fourth-order valence-electron chi connectivity index (χ4n) is 3.71. The lowest BCUT2D eigenvalue weighted by Crippen LogP contribution is -2.47. The van der Waals surface area contributed by atoms with Crippen LogP contribution in [0.1, 0.15) is 13.8 Å². The Bertz CT molecular complexity index is 1320. The highest BCUT2D eigenvalue weighted by Gasteiger charge is 2.26. The van der Waals surface area contributed by atoms with Crippen LogP contribution in [0.15, 0.2) is 48.8 Å². The highest BCUT2D eigenvalue weighted by atomic mass is 35.5. The number of carbonyl (C=O) groups is 2. The summed E-state index contributed by atoms with van der Waals surface area (Å²) in [4.78, 5) is 34.9. The Balaban J connectivity index is 1.55. The van der Waals surface area contributed by atoms with Crippen molar-refractivity contribution in [2.45, 2.75) is 19.9 Å². The number of halogens is 2. The SMILES string of the molecule is CCOc1cc2ncnc(Nc3ccc(F)c(Cl)c3)c2cc1NC(=O)C=CCN1CCOC(=O)[C@@H]1C. The number of nitrogens with one attached hydrogen (secondary N) is 2. The molecule has 2 heterocycles. The standard InChI is InChI=1S/C25H25ClFN5O4/c1-3-35-22-13-20-17(24(29-14-28-20)30-16-6-7-19(27)18(26)11-16)12-21(22)31-23(33)5-4-8-32-9-10-36-25(34)15(32)2/h4-7,11-15H,3,8-10H2,1-2H3,(H,31,33)(H,28,29,30)/t15-/m0/s1. The maximum absolute atomic E-state index is 13.5. The molecule has 188 valence electrons. The van der Waals surface area contributed by atoms with Gasteiger partial charge in [-0.15, -0.1) is 0 Å². The van der Waals surface area contributed by atoms with Gasteiger partial charge in [-0.3, -0.25) is 14.5 Å². The lowest BCUT2D eigenvalue weighted by atomic mass is 10.1.